The summed E-state index contributed by atoms with van der Waals surface area (Å²) in [4.78, 5) is 17.7. The molecule has 8 nitrogen and oxygen atoms in total. The molecule has 10 heteroatoms. The van der Waals surface area contributed by atoms with Crippen LogP contribution in [0.15, 0.2) is 53.6 Å². The minimum atomic E-state index is -3.30. The van der Waals surface area contributed by atoms with E-state index in [-0.39, 0.29) is 10.8 Å². The van der Waals surface area contributed by atoms with E-state index in [4.69, 9.17) is 14.2 Å². The predicted octanol–water partition coefficient (Wildman–Crippen LogP) is 3.92. The first-order chi connectivity index (χ1) is 14.7. The highest BCUT2D eigenvalue weighted by Crippen LogP contribution is 2.31. The topological polar surface area (TPSA) is 104 Å². The van der Waals surface area contributed by atoms with E-state index in [1.165, 1.54) is 23.5 Å². The van der Waals surface area contributed by atoms with Gasteiger partial charge in [0.15, 0.2) is 14.8 Å². The number of methoxy groups -OCH3 is 1. The summed E-state index contributed by atoms with van der Waals surface area (Å²) in [6.45, 7) is 2.60. The molecule has 1 heterocycles. The van der Waals surface area contributed by atoms with Gasteiger partial charge >= 0.3 is 0 Å². The predicted molar refractivity (Wildman–Crippen MR) is 118 cm³/mol. The molecule has 0 spiro atoms. The maximum Gasteiger partial charge on any atom is 0.284 e. The van der Waals surface area contributed by atoms with Gasteiger partial charge in [0.1, 0.15) is 23.9 Å². The highest BCUT2D eigenvalue weighted by molar-refractivity contribution is 7.90. The molecule has 0 bridgehead atoms. The van der Waals surface area contributed by atoms with Crippen molar-refractivity contribution in [3.8, 4) is 17.2 Å². The smallest absolute Gasteiger partial charge is 0.284 e. The van der Waals surface area contributed by atoms with E-state index < -0.39 is 9.84 Å². The maximum absolute atomic E-state index is 12.5. The third-order valence-electron chi connectivity index (χ3n) is 4.00. The molecule has 0 fully saturated rings. The molecule has 2 aromatic carbocycles. The SMILES string of the molecule is COCCOc1cc(NC(=O)c2ncc(C)s2)cc(Oc2ccc(S(C)(=O)=O)cc2)c1. The second-order valence-electron chi connectivity index (χ2n) is 6.61. The molecule has 0 saturated heterocycles. The molecule has 1 N–H and O–H groups in total. The zero-order chi connectivity index (χ0) is 22.4. The first kappa shape index (κ1) is 22.7. The zero-order valence-electron chi connectivity index (χ0n) is 17.2. The Kier molecular flexibility index (Phi) is 7.26. The Hall–Kier alpha value is -2.95. The molecule has 0 atom stereocenters. The van der Waals surface area contributed by atoms with Crippen LogP contribution in [0.3, 0.4) is 0 Å². The highest BCUT2D eigenvalue weighted by Gasteiger charge is 2.13. The first-order valence-corrected chi connectivity index (χ1v) is 11.9. The fraction of sp³-hybridized carbons (Fsp3) is 0.238. The van der Waals surface area contributed by atoms with Crippen molar-refractivity contribution in [3.05, 3.63) is 58.5 Å². The molecule has 0 aliphatic rings. The second-order valence-corrected chi connectivity index (χ2v) is 9.86. The average Bonchev–Trinajstić information content (AvgIpc) is 3.14. The number of aromatic nitrogens is 1. The van der Waals surface area contributed by atoms with Gasteiger partial charge in [-0.1, -0.05) is 0 Å². The summed E-state index contributed by atoms with van der Waals surface area (Å²) in [6, 6.07) is 11.0. The summed E-state index contributed by atoms with van der Waals surface area (Å²) >= 11 is 1.29. The van der Waals surface area contributed by atoms with Crippen molar-refractivity contribution in [2.45, 2.75) is 11.8 Å². The van der Waals surface area contributed by atoms with Crippen molar-refractivity contribution in [1.29, 1.82) is 0 Å². The van der Waals surface area contributed by atoms with E-state index in [0.29, 0.717) is 41.2 Å². The van der Waals surface area contributed by atoms with Crippen molar-refractivity contribution in [1.82, 2.24) is 4.98 Å². The molecule has 0 unspecified atom stereocenters. The van der Waals surface area contributed by atoms with E-state index in [2.05, 4.69) is 10.3 Å². The van der Waals surface area contributed by atoms with Crippen molar-refractivity contribution in [2.75, 3.05) is 31.9 Å². The molecule has 1 amide bonds. The van der Waals surface area contributed by atoms with Crippen LogP contribution in [0.5, 0.6) is 17.2 Å². The number of thiazole rings is 1. The Bertz CT molecular complexity index is 1160. The summed E-state index contributed by atoms with van der Waals surface area (Å²) in [7, 11) is -1.72. The molecule has 3 rings (SSSR count). The van der Waals surface area contributed by atoms with Gasteiger partial charge in [-0.2, -0.15) is 0 Å². The number of hydrogen-bond acceptors (Lipinski definition) is 8. The molecule has 31 heavy (non-hydrogen) atoms. The van der Waals surface area contributed by atoms with Gasteiger partial charge in [0.05, 0.1) is 11.5 Å². The normalized spacial score (nSPS) is 11.2. The summed E-state index contributed by atoms with van der Waals surface area (Å²) in [6.07, 6.45) is 2.78. The van der Waals surface area contributed by atoms with Crippen LogP contribution in [0.4, 0.5) is 5.69 Å². The third kappa shape index (κ3) is 6.51. The number of anilines is 1. The van der Waals surface area contributed by atoms with Crippen molar-refractivity contribution in [2.24, 2.45) is 0 Å². The van der Waals surface area contributed by atoms with Crippen molar-refractivity contribution < 1.29 is 27.4 Å². The van der Waals surface area contributed by atoms with Crippen LogP contribution in [0.25, 0.3) is 0 Å². The van der Waals surface area contributed by atoms with E-state index in [1.807, 2.05) is 6.92 Å². The van der Waals surface area contributed by atoms with Crippen LogP contribution in [-0.2, 0) is 14.6 Å². The van der Waals surface area contributed by atoms with E-state index in [0.717, 1.165) is 11.1 Å². The lowest BCUT2D eigenvalue weighted by Crippen LogP contribution is -2.12. The van der Waals surface area contributed by atoms with Gasteiger partial charge in [0.25, 0.3) is 5.91 Å². The van der Waals surface area contributed by atoms with Crippen molar-refractivity contribution in [3.63, 3.8) is 0 Å². The average molecular weight is 463 g/mol. The Balaban J connectivity index is 1.83. The Labute approximate surface area is 184 Å². The summed E-state index contributed by atoms with van der Waals surface area (Å²) in [5.74, 6) is 0.991. The van der Waals surface area contributed by atoms with Crippen LogP contribution in [-0.4, -0.2) is 45.9 Å². The standard InChI is InChI=1S/C21H22N2O6S2/c1-14-13-22-21(30-14)20(24)23-15-10-17(28-9-8-27-2)12-18(11-15)29-16-4-6-19(7-5-16)31(3,25)26/h4-7,10-13H,8-9H2,1-3H3,(H,23,24). The van der Waals surface area contributed by atoms with Gasteiger partial charge in [0, 0.05) is 48.3 Å². The van der Waals surface area contributed by atoms with E-state index >= 15 is 0 Å². The van der Waals surface area contributed by atoms with Crippen LogP contribution in [0, 0.1) is 6.92 Å². The monoisotopic (exact) mass is 462 g/mol. The highest BCUT2D eigenvalue weighted by atomic mass is 32.2. The number of nitrogens with zero attached hydrogens (tertiary/aromatic N) is 1. The largest absolute Gasteiger partial charge is 0.491 e. The van der Waals surface area contributed by atoms with Gasteiger partial charge in [-0.05, 0) is 31.2 Å². The van der Waals surface area contributed by atoms with Gasteiger partial charge in [-0.15, -0.1) is 11.3 Å². The molecule has 3 aromatic rings. The summed E-state index contributed by atoms with van der Waals surface area (Å²) in [5, 5.41) is 3.15. The second kappa shape index (κ2) is 9.90. The number of carbonyl (C=O) groups excluding carboxylic acids is 1. The Morgan fingerprint density at radius 2 is 1.77 bits per heavy atom. The first-order valence-electron chi connectivity index (χ1n) is 9.23. The van der Waals surface area contributed by atoms with Crippen LogP contribution < -0.4 is 14.8 Å². The number of carbonyl (C=O) groups is 1. The Morgan fingerprint density at radius 3 is 2.39 bits per heavy atom. The van der Waals surface area contributed by atoms with Crippen LogP contribution in [0.1, 0.15) is 14.7 Å². The molecule has 1 aromatic heterocycles. The van der Waals surface area contributed by atoms with E-state index in [9.17, 15) is 13.2 Å². The van der Waals surface area contributed by atoms with Crippen LogP contribution in [0.2, 0.25) is 0 Å². The number of nitrogens with one attached hydrogen (secondary N) is 1. The number of benzene rings is 2. The zero-order valence-corrected chi connectivity index (χ0v) is 18.9. The lowest BCUT2D eigenvalue weighted by atomic mass is 10.2. The van der Waals surface area contributed by atoms with E-state index in [1.54, 1.807) is 43.6 Å². The number of ether oxygens (including phenoxy) is 3. The van der Waals surface area contributed by atoms with Gasteiger partial charge in [0.2, 0.25) is 0 Å². The number of sulfone groups is 1. The molecule has 164 valence electrons. The molecule has 0 saturated carbocycles. The van der Waals surface area contributed by atoms with Gasteiger partial charge in [-0.3, -0.25) is 4.79 Å². The molecule has 0 aliphatic carbocycles. The third-order valence-corrected chi connectivity index (χ3v) is 6.04. The van der Waals surface area contributed by atoms with Crippen molar-refractivity contribution >= 4 is 32.8 Å². The van der Waals surface area contributed by atoms with Gasteiger partial charge in [-0.25, -0.2) is 13.4 Å². The molecular formula is C21H22N2O6S2. The number of hydrogen-bond donors (Lipinski definition) is 1. The minimum absolute atomic E-state index is 0.197. The lowest BCUT2D eigenvalue weighted by molar-refractivity contribution is 0.102. The quantitative estimate of drug-likeness (QED) is 0.481. The van der Waals surface area contributed by atoms with Crippen LogP contribution >= 0.6 is 11.3 Å². The molecule has 0 aliphatic heterocycles. The number of aryl methyl sites for hydroxylation is 1. The molecular weight excluding hydrogens is 440 g/mol. The minimum Gasteiger partial charge on any atom is -0.491 e. The molecule has 0 radical (unpaired) electrons. The Morgan fingerprint density at radius 1 is 1.06 bits per heavy atom. The number of amides is 1. The van der Waals surface area contributed by atoms with Gasteiger partial charge < -0.3 is 19.5 Å². The number of rotatable bonds is 9. The maximum atomic E-state index is 12.5. The lowest BCUT2D eigenvalue weighted by Gasteiger charge is -2.13. The summed E-state index contributed by atoms with van der Waals surface area (Å²) < 4.78 is 39.8. The summed E-state index contributed by atoms with van der Waals surface area (Å²) in [5.41, 5.74) is 0.468. The fourth-order valence-electron chi connectivity index (χ4n) is 2.56. The fourth-order valence-corrected chi connectivity index (χ4v) is 3.85.